The van der Waals surface area contributed by atoms with Crippen molar-refractivity contribution in [2.45, 2.75) is 41.7 Å². The molecule has 3 heterocycles. The molecular weight excluding hydrogens is 500 g/mol. The first kappa shape index (κ1) is 25.3. The molecule has 14 nitrogen and oxygen atoms in total. The molecule has 0 amide bonds. The van der Waals surface area contributed by atoms with Crippen molar-refractivity contribution < 1.29 is 27.0 Å². The van der Waals surface area contributed by atoms with E-state index in [2.05, 4.69) is 24.9 Å². The molecule has 2 aliphatic heterocycles. The van der Waals surface area contributed by atoms with E-state index >= 15 is 0 Å². The highest BCUT2D eigenvalue weighted by atomic mass is 32.2. The van der Waals surface area contributed by atoms with Crippen molar-refractivity contribution >= 4 is 37.5 Å². The van der Waals surface area contributed by atoms with Crippen molar-refractivity contribution in [2.24, 2.45) is 20.4 Å². The van der Waals surface area contributed by atoms with Crippen LogP contribution in [0.5, 0.6) is 0 Å². The van der Waals surface area contributed by atoms with Crippen LogP contribution in [0.1, 0.15) is 31.4 Å². The standard InChI is InChI=1S/C19H26N8O6S2/c1-2-13(29)9-24-35(32,33)15-4-3-14(16(17(15)34(20,30)31)18-22-11-23-25-18)27-7-5-12(10-28)26-8-6-21-19(26)27/h3-4,6,8,12-13,24,28-29H,2,5,7,9-11H2,1H3,(H2,20,30,31)/t12?,13-/m1/s1. The fourth-order valence-electron chi connectivity index (χ4n) is 4.00. The van der Waals surface area contributed by atoms with Crippen LogP contribution in [0.15, 0.2) is 49.5 Å². The maximum atomic E-state index is 13.1. The Hall–Kier alpha value is -2.76. The van der Waals surface area contributed by atoms with Gasteiger partial charge in [-0.05, 0) is 25.0 Å². The van der Waals surface area contributed by atoms with Crippen molar-refractivity contribution in [1.29, 1.82) is 0 Å². The summed E-state index contributed by atoms with van der Waals surface area (Å²) in [5, 5.41) is 32.8. The molecule has 1 aromatic heterocycles. The van der Waals surface area contributed by atoms with Gasteiger partial charge in [-0.3, -0.25) is 0 Å². The average Bonchev–Trinajstić information content (AvgIpc) is 3.53. The molecule has 0 spiro atoms. The second-order valence-electron chi connectivity index (χ2n) is 8.02. The lowest BCUT2D eigenvalue weighted by atomic mass is 10.1. The molecule has 2 aromatic rings. The van der Waals surface area contributed by atoms with Crippen LogP contribution in [0.4, 0.5) is 11.6 Å². The van der Waals surface area contributed by atoms with E-state index in [0.29, 0.717) is 25.3 Å². The molecule has 1 aromatic carbocycles. The quantitative estimate of drug-likeness (QED) is 0.344. The highest BCUT2D eigenvalue weighted by Gasteiger charge is 2.36. The van der Waals surface area contributed by atoms with Crippen molar-refractivity contribution in [3.05, 3.63) is 30.1 Å². The minimum absolute atomic E-state index is 0.0576. The predicted molar refractivity (Wildman–Crippen MR) is 126 cm³/mol. The van der Waals surface area contributed by atoms with Gasteiger partial charge in [0.05, 0.1) is 30.0 Å². The molecule has 16 heteroatoms. The van der Waals surface area contributed by atoms with Crippen LogP contribution in [0, 0.1) is 0 Å². The van der Waals surface area contributed by atoms with Gasteiger partial charge in [-0.1, -0.05) is 6.92 Å². The molecule has 0 saturated carbocycles. The Morgan fingerprint density at radius 1 is 1.29 bits per heavy atom. The molecule has 1 unspecified atom stereocenters. The maximum absolute atomic E-state index is 13.1. The van der Waals surface area contributed by atoms with E-state index in [9.17, 15) is 27.0 Å². The number of fused-ring (bicyclic) bond motifs is 1. The predicted octanol–water partition coefficient (Wildman–Crippen LogP) is -0.175. The summed E-state index contributed by atoms with van der Waals surface area (Å²) in [5.41, 5.74) is 0.148. The van der Waals surface area contributed by atoms with Gasteiger partial charge in [0.1, 0.15) is 9.79 Å². The van der Waals surface area contributed by atoms with Gasteiger partial charge in [0, 0.05) is 25.5 Å². The van der Waals surface area contributed by atoms with Crippen molar-refractivity contribution in [2.75, 3.05) is 31.3 Å². The summed E-state index contributed by atoms with van der Waals surface area (Å²) >= 11 is 0. The van der Waals surface area contributed by atoms with E-state index in [1.807, 2.05) is 0 Å². The number of aliphatic hydroxyl groups is 2. The summed E-state index contributed by atoms with van der Waals surface area (Å²) in [7, 11) is -9.04. The number of aliphatic hydroxyl groups excluding tert-OH is 2. The number of sulfonamides is 2. The summed E-state index contributed by atoms with van der Waals surface area (Å²) < 4.78 is 55.9. The SMILES string of the molecule is CC[C@@H](O)CNS(=O)(=O)c1ccc(N2CCC(CO)n3ccnc32)c(C2=NCN=N2)c1S(N)(=O)=O. The van der Waals surface area contributed by atoms with E-state index < -0.39 is 35.9 Å². The van der Waals surface area contributed by atoms with Crippen LogP contribution in [0.2, 0.25) is 0 Å². The van der Waals surface area contributed by atoms with Gasteiger partial charge in [-0.2, -0.15) is 5.11 Å². The van der Waals surface area contributed by atoms with Crippen LogP contribution in [-0.4, -0.2) is 74.9 Å². The number of anilines is 2. The molecule has 0 radical (unpaired) electrons. The minimum Gasteiger partial charge on any atom is -0.394 e. The van der Waals surface area contributed by atoms with Crippen LogP contribution in [0.25, 0.3) is 0 Å². The number of nitrogens with one attached hydrogen (secondary N) is 1. The van der Waals surface area contributed by atoms with Gasteiger partial charge in [0.2, 0.25) is 26.0 Å². The van der Waals surface area contributed by atoms with Gasteiger partial charge in [0.25, 0.3) is 0 Å². The first-order chi connectivity index (χ1) is 16.6. The third-order valence-corrected chi connectivity index (χ3v) is 8.39. The number of aliphatic imine (C=N–C) groups is 1. The molecule has 0 bridgehead atoms. The largest absolute Gasteiger partial charge is 0.394 e. The number of benzene rings is 1. The zero-order valence-corrected chi connectivity index (χ0v) is 20.4. The Morgan fingerprint density at radius 2 is 2.06 bits per heavy atom. The van der Waals surface area contributed by atoms with Crippen LogP contribution < -0.4 is 14.8 Å². The third kappa shape index (κ3) is 4.85. The first-order valence-electron chi connectivity index (χ1n) is 10.8. The Bertz CT molecular complexity index is 1390. The summed E-state index contributed by atoms with van der Waals surface area (Å²) in [5.74, 6) is 0.337. The molecule has 5 N–H and O–H groups in total. The van der Waals surface area contributed by atoms with Crippen LogP contribution in [0.3, 0.4) is 0 Å². The molecule has 0 fully saturated rings. The molecule has 0 aliphatic carbocycles. The lowest BCUT2D eigenvalue weighted by Crippen LogP contribution is -2.35. The fourth-order valence-corrected chi connectivity index (χ4v) is 6.67. The molecule has 190 valence electrons. The molecule has 2 aliphatic rings. The number of primary sulfonamides is 1. The van der Waals surface area contributed by atoms with Gasteiger partial charge in [-0.15, -0.1) is 5.11 Å². The highest BCUT2D eigenvalue weighted by Crippen LogP contribution is 2.39. The van der Waals surface area contributed by atoms with Crippen molar-refractivity contribution in [3.8, 4) is 0 Å². The number of azo groups is 1. The Balaban J connectivity index is 1.95. The number of rotatable bonds is 9. The number of imidazole rings is 1. The normalized spacial score (nSPS) is 19.0. The molecular formula is C19H26N8O6S2. The molecule has 0 saturated heterocycles. The lowest BCUT2D eigenvalue weighted by molar-refractivity contribution is 0.174. The second-order valence-corrected chi connectivity index (χ2v) is 11.3. The van der Waals surface area contributed by atoms with Gasteiger partial charge >= 0.3 is 0 Å². The number of aromatic nitrogens is 2. The highest BCUT2D eigenvalue weighted by molar-refractivity contribution is 7.92. The van der Waals surface area contributed by atoms with E-state index in [1.165, 1.54) is 6.07 Å². The van der Waals surface area contributed by atoms with Crippen LogP contribution in [-0.2, 0) is 20.0 Å². The number of hydrogen-bond donors (Lipinski definition) is 4. The number of amidine groups is 1. The number of nitrogens with two attached hydrogens (primary N) is 1. The summed E-state index contributed by atoms with van der Waals surface area (Å²) in [6.45, 7) is 1.54. The topological polar surface area (TPSA) is 205 Å². The average molecular weight is 527 g/mol. The van der Waals surface area contributed by atoms with E-state index in [1.54, 1.807) is 28.8 Å². The molecule has 2 atom stereocenters. The van der Waals surface area contributed by atoms with Crippen molar-refractivity contribution in [1.82, 2.24) is 14.3 Å². The monoisotopic (exact) mass is 526 g/mol. The Kier molecular flexibility index (Phi) is 7.03. The van der Waals surface area contributed by atoms with Crippen LogP contribution >= 0.6 is 0 Å². The zero-order valence-electron chi connectivity index (χ0n) is 18.8. The maximum Gasteiger partial charge on any atom is 0.242 e. The Labute approximate surface area is 202 Å². The minimum atomic E-state index is -4.63. The summed E-state index contributed by atoms with van der Waals surface area (Å²) in [4.78, 5) is 8.89. The number of nitrogens with zero attached hydrogens (tertiary/aromatic N) is 6. The van der Waals surface area contributed by atoms with Gasteiger partial charge in [-0.25, -0.2) is 36.7 Å². The van der Waals surface area contributed by atoms with Gasteiger partial charge < -0.3 is 19.7 Å². The Morgan fingerprint density at radius 3 is 2.69 bits per heavy atom. The smallest absolute Gasteiger partial charge is 0.242 e. The third-order valence-electron chi connectivity index (χ3n) is 5.80. The second kappa shape index (κ2) is 9.71. The summed E-state index contributed by atoms with van der Waals surface area (Å²) in [6, 6.07) is 2.35. The zero-order chi connectivity index (χ0) is 25.4. The number of hydrogen-bond acceptors (Lipinski definition) is 11. The van der Waals surface area contributed by atoms with E-state index in [4.69, 9.17) is 5.14 Å². The van der Waals surface area contributed by atoms with E-state index in [-0.39, 0.29) is 42.9 Å². The summed E-state index contributed by atoms with van der Waals surface area (Å²) in [6.07, 6.45) is 3.08. The molecule has 35 heavy (non-hydrogen) atoms. The first-order valence-corrected chi connectivity index (χ1v) is 13.8. The fraction of sp³-hybridized carbons (Fsp3) is 0.474. The van der Waals surface area contributed by atoms with E-state index in [0.717, 1.165) is 6.07 Å². The lowest BCUT2D eigenvalue weighted by Gasteiger charge is -2.35. The van der Waals surface area contributed by atoms with Gasteiger partial charge in [0.15, 0.2) is 12.5 Å². The molecule has 4 rings (SSSR count). The van der Waals surface area contributed by atoms with Crippen molar-refractivity contribution in [3.63, 3.8) is 0 Å².